The number of hydrogen-bond acceptors (Lipinski definition) is 4. The molecule has 1 aliphatic carbocycles. The number of amides is 1. The lowest BCUT2D eigenvalue weighted by Crippen LogP contribution is -2.44. The summed E-state index contributed by atoms with van der Waals surface area (Å²) in [7, 11) is 0. The van der Waals surface area contributed by atoms with E-state index in [1.807, 2.05) is 6.07 Å². The number of rotatable bonds is 9. The summed E-state index contributed by atoms with van der Waals surface area (Å²) in [4.78, 5) is 19.5. The van der Waals surface area contributed by atoms with Crippen LogP contribution in [-0.4, -0.2) is 47.1 Å². The molecule has 3 unspecified atom stereocenters. The standard InChI is InChI=1S/C27H42N4OS/c1-19-9-8-10-20(2)30(19)15-6-3-7-16-31-23-11-4-5-12-24(23)33-25(27(31)32)18-21-13-14-22(17-21)26(28)29/h4-5,11-12,19-22,25H,3,6-10,13-18H2,1-2H3,(H3,28,29)/t19-,20+,21?,22?,25?. The van der Waals surface area contributed by atoms with Crippen LogP contribution in [0.15, 0.2) is 29.2 Å². The number of piperidine rings is 1. The van der Waals surface area contributed by atoms with Crippen molar-refractivity contribution >= 4 is 29.2 Å². The molecule has 33 heavy (non-hydrogen) atoms. The number of anilines is 1. The van der Waals surface area contributed by atoms with Gasteiger partial charge in [0.2, 0.25) is 5.91 Å². The number of benzene rings is 1. The number of carbonyl (C=O) groups is 1. The Balaban J connectivity index is 1.31. The van der Waals surface area contributed by atoms with E-state index >= 15 is 0 Å². The highest BCUT2D eigenvalue weighted by Crippen LogP contribution is 2.44. The largest absolute Gasteiger partial charge is 0.387 e. The highest BCUT2D eigenvalue weighted by molar-refractivity contribution is 8.01. The van der Waals surface area contributed by atoms with Crippen molar-refractivity contribution in [3.05, 3.63) is 24.3 Å². The third-order valence-corrected chi connectivity index (χ3v) is 9.45. The van der Waals surface area contributed by atoms with E-state index in [1.54, 1.807) is 11.8 Å². The van der Waals surface area contributed by atoms with E-state index in [0.29, 0.717) is 23.8 Å². The number of likely N-dealkylation sites (tertiary alicyclic amines) is 1. The van der Waals surface area contributed by atoms with Gasteiger partial charge in [-0.3, -0.25) is 15.1 Å². The van der Waals surface area contributed by atoms with E-state index in [1.165, 1.54) is 43.5 Å². The molecule has 6 heteroatoms. The maximum absolute atomic E-state index is 13.5. The van der Waals surface area contributed by atoms with Crippen molar-refractivity contribution in [2.24, 2.45) is 17.6 Å². The lowest BCUT2D eigenvalue weighted by Gasteiger charge is -2.39. The van der Waals surface area contributed by atoms with Crippen molar-refractivity contribution in [2.75, 3.05) is 18.0 Å². The third kappa shape index (κ3) is 5.94. The first-order valence-corrected chi connectivity index (χ1v) is 14.0. The lowest BCUT2D eigenvalue weighted by molar-refractivity contribution is -0.118. The number of nitrogens with one attached hydrogen (secondary N) is 1. The summed E-state index contributed by atoms with van der Waals surface area (Å²) in [5.74, 6) is 1.32. The molecule has 2 heterocycles. The minimum atomic E-state index is -0.00865. The van der Waals surface area contributed by atoms with Gasteiger partial charge in [-0.15, -0.1) is 11.8 Å². The summed E-state index contributed by atoms with van der Waals surface area (Å²) in [5, 5.41) is 7.75. The first-order valence-electron chi connectivity index (χ1n) is 13.1. The molecule has 1 amide bonds. The van der Waals surface area contributed by atoms with Gasteiger partial charge in [-0.1, -0.05) is 25.0 Å². The molecule has 0 aromatic heterocycles. The first-order chi connectivity index (χ1) is 15.9. The van der Waals surface area contributed by atoms with E-state index < -0.39 is 0 Å². The predicted molar refractivity (Wildman–Crippen MR) is 139 cm³/mol. The van der Waals surface area contributed by atoms with Crippen LogP contribution < -0.4 is 10.6 Å². The zero-order valence-corrected chi connectivity index (χ0v) is 21.3. The Bertz CT molecular complexity index is 820. The van der Waals surface area contributed by atoms with E-state index in [2.05, 4.69) is 41.8 Å². The van der Waals surface area contributed by atoms with Crippen LogP contribution in [0, 0.1) is 17.2 Å². The van der Waals surface area contributed by atoms with E-state index in [4.69, 9.17) is 11.1 Å². The number of hydrogen-bond donors (Lipinski definition) is 2. The van der Waals surface area contributed by atoms with E-state index in [-0.39, 0.29) is 17.1 Å². The number of nitrogens with two attached hydrogens (primary N) is 1. The van der Waals surface area contributed by atoms with Gasteiger partial charge in [0, 0.05) is 29.4 Å². The predicted octanol–water partition coefficient (Wildman–Crippen LogP) is 5.67. The Morgan fingerprint density at radius 2 is 1.79 bits per heavy atom. The molecule has 5 nitrogen and oxygen atoms in total. The Morgan fingerprint density at radius 1 is 1.06 bits per heavy atom. The smallest absolute Gasteiger partial charge is 0.240 e. The van der Waals surface area contributed by atoms with Crippen LogP contribution in [-0.2, 0) is 4.79 Å². The minimum absolute atomic E-state index is 0.00865. The molecule has 0 bridgehead atoms. The van der Waals surface area contributed by atoms with Gasteiger partial charge in [-0.2, -0.15) is 0 Å². The summed E-state index contributed by atoms with van der Waals surface area (Å²) in [5.41, 5.74) is 6.84. The van der Waals surface area contributed by atoms with Crippen molar-refractivity contribution in [1.82, 2.24) is 4.90 Å². The lowest BCUT2D eigenvalue weighted by atomic mass is 9.97. The first kappa shape index (κ1) is 24.6. The summed E-state index contributed by atoms with van der Waals surface area (Å²) >= 11 is 1.75. The number of para-hydroxylation sites is 1. The monoisotopic (exact) mass is 470 g/mol. The van der Waals surface area contributed by atoms with Crippen molar-refractivity contribution < 1.29 is 4.79 Å². The molecule has 2 aliphatic heterocycles. The van der Waals surface area contributed by atoms with Crippen LogP contribution in [0.1, 0.15) is 78.1 Å². The fourth-order valence-electron chi connectivity index (χ4n) is 6.19. The third-order valence-electron chi connectivity index (χ3n) is 8.17. The molecule has 0 spiro atoms. The summed E-state index contributed by atoms with van der Waals surface area (Å²) in [6, 6.07) is 9.82. The number of fused-ring (bicyclic) bond motifs is 1. The zero-order chi connectivity index (χ0) is 23.4. The van der Waals surface area contributed by atoms with Gasteiger partial charge in [0.15, 0.2) is 0 Å². The van der Waals surface area contributed by atoms with E-state index in [0.717, 1.165) is 44.3 Å². The molecule has 182 valence electrons. The minimum Gasteiger partial charge on any atom is -0.387 e. The van der Waals surface area contributed by atoms with Crippen molar-refractivity contribution in [3.63, 3.8) is 0 Å². The van der Waals surface area contributed by atoms with Crippen molar-refractivity contribution in [1.29, 1.82) is 5.41 Å². The average Bonchev–Trinajstić information content (AvgIpc) is 3.26. The van der Waals surface area contributed by atoms with Crippen LogP contribution in [0.2, 0.25) is 0 Å². The zero-order valence-electron chi connectivity index (χ0n) is 20.5. The normalized spacial score (nSPS) is 30.4. The maximum atomic E-state index is 13.5. The summed E-state index contributed by atoms with van der Waals surface area (Å²) < 4.78 is 0. The van der Waals surface area contributed by atoms with Gasteiger partial charge in [0.25, 0.3) is 0 Å². The summed E-state index contributed by atoms with van der Waals surface area (Å²) in [6.07, 6.45) is 11.4. The van der Waals surface area contributed by atoms with Crippen LogP contribution in [0.3, 0.4) is 0 Å². The molecular formula is C27H42N4OS. The van der Waals surface area contributed by atoms with Crippen LogP contribution in [0.5, 0.6) is 0 Å². The molecule has 5 atom stereocenters. The number of carbonyl (C=O) groups excluding carboxylic acids is 1. The number of unbranched alkanes of at least 4 members (excludes halogenated alkanes) is 2. The number of thioether (sulfide) groups is 1. The van der Waals surface area contributed by atoms with Crippen molar-refractivity contribution in [3.8, 4) is 0 Å². The SMILES string of the molecule is C[C@@H]1CCC[C@H](C)N1CCCCCN1C(=O)C(CC2CCC(C(=N)N)C2)Sc2ccccc21. The van der Waals surface area contributed by atoms with Crippen molar-refractivity contribution in [2.45, 2.75) is 100 Å². The fourth-order valence-corrected chi connectivity index (χ4v) is 7.55. The molecule has 1 saturated heterocycles. The van der Waals surface area contributed by atoms with Crippen LogP contribution >= 0.6 is 11.8 Å². The highest BCUT2D eigenvalue weighted by atomic mass is 32.2. The fraction of sp³-hybridized carbons (Fsp3) is 0.704. The van der Waals surface area contributed by atoms with Gasteiger partial charge >= 0.3 is 0 Å². The number of amidine groups is 1. The van der Waals surface area contributed by atoms with Gasteiger partial charge in [-0.25, -0.2) is 0 Å². The Labute approximate surface area is 204 Å². The molecule has 1 aromatic rings. The van der Waals surface area contributed by atoms with Crippen LogP contribution in [0.4, 0.5) is 5.69 Å². The van der Waals surface area contributed by atoms with E-state index in [9.17, 15) is 4.79 Å². The molecule has 0 radical (unpaired) electrons. The topological polar surface area (TPSA) is 73.4 Å². The molecule has 3 aliphatic rings. The molecule has 2 fully saturated rings. The second kappa shape index (κ2) is 11.3. The molecule has 1 saturated carbocycles. The Morgan fingerprint density at radius 3 is 2.52 bits per heavy atom. The van der Waals surface area contributed by atoms with Gasteiger partial charge in [-0.05, 0) is 89.8 Å². The molecule has 1 aromatic carbocycles. The highest BCUT2D eigenvalue weighted by Gasteiger charge is 2.37. The number of nitrogens with zero attached hydrogens (tertiary/aromatic N) is 2. The Kier molecular flexibility index (Phi) is 8.39. The average molecular weight is 471 g/mol. The quantitative estimate of drug-likeness (QED) is 0.277. The maximum Gasteiger partial charge on any atom is 0.240 e. The van der Waals surface area contributed by atoms with Gasteiger partial charge < -0.3 is 10.6 Å². The second-order valence-corrected chi connectivity index (χ2v) is 11.8. The van der Waals surface area contributed by atoms with Gasteiger partial charge in [0.05, 0.1) is 16.8 Å². The summed E-state index contributed by atoms with van der Waals surface area (Å²) in [6.45, 7) is 6.75. The van der Waals surface area contributed by atoms with Gasteiger partial charge in [0.1, 0.15) is 0 Å². The molecule has 4 rings (SSSR count). The van der Waals surface area contributed by atoms with Crippen LogP contribution in [0.25, 0.3) is 0 Å². The molecular weight excluding hydrogens is 428 g/mol. The Hall–Kier alpha value is -1.53. The molecule has 3 N–H and O–H groups in total. The second-order valence-electron chi connectivity index (χ2n) is 10.6.